The molecule has 2 N–H and O–H groups in total. The van der Waals surface area contributed by atoms with Crippen LogP contribution in [-0.4, -0.2) is 0 Å². The summed E-state index contributed by atoms with van der Waals surface area (Å²) in [5.41, 5.74) is 7.33. The Balaban J connectivity index is 2.93. The van der Waals surface area contributed by atoms with E-state index in [-0.39, 0.29) is 11.9 Å². The second-order valence-corrected chi connectivity index (χ2v) is 4.35. The molecule has 0 aromatic heterocycles. The van der Waals surface area contributed by atoms with Crippen molar-refractivity contribution in [1.82, 2.24) is 0 Å². The Hall–Kier alpha value is -0.670. The number of halogens is 2. The quantitative estimate of drug-likeness (QED) is 0.824. The van der Waals surface area contributed by atoms with Crippen LogP contribution in [0.25, 0.3) is 0 Å². The maximum atomic E-state index is 13.3. The molecule has 1 rings (SSSR count). The molecular formula is C11H13BrFN. The van der Waals surface area contributed by atoms with E-state index in [1.807, 2.05) is 6.92 Å². The molecular weight excluding hydrogens is 245 g/mol. The maximum Gasteiger partial charge on any atom is 0.128 e. The number of rotatable bonds is 3. The largest absolute Gasteiger partial charge is 0.324 e. The molecule has 1 atom stereocenters. The van der Waals surface area contributed by atoms with Gasteiger partial charge in [-0.3, -0.25) is 0 Å². The van der Waals surface area contributed by atoms with E-state index in [4.69, 9.17) is 5.73 Å². The molecule has 0 amide bonds. The zero-order valence-electron chi connectivity index (χ0n) is 8.06. The van der Waals surface area contributed by atoms with Gasteiger partial charge < -0.3 is 5.73 Å². The Morgan fingerprint density at radius 3 is 2.86 bits per heavy atom. The predicted molar refractivity (Wildman–Crippen MR) is 60.5 cm³/mol. The molecule has 0 aliphatic heterocycles. The van der Waals surface area contributed by atoms with Gasteiger partial charge in [-0.25, -0.2) is 4.39 Å². The molecule has 0 aliphatic carbocycles. The third-order valence-corrected chi connectivity index (χ3v) is 2.42. The van der Waals surface area contributed by atoms with E-state index in [9.17, 15) is 4.39 Å². The molecule has 0 aliphatic rings. The van der Waals surface area contributed by atoms with Crippen molar-refractivity contribution in [1.29, 1.82) is 0 Å². The van der Waals surface area contributed by atoms with E-state index in [1.54, 1.807) is 12.1 Å². The fourth-order valence-electron chi connectivity index (χ4n) is 1.28. The lowest BCUT2D eigenvalue weighted by atomic mass is 10.0. The molecule has 1 nitrogen and oxygen atoms in total. The molecule has 14 heavy (non-hydrogen) atoms. The van der Waals surface area contributed by atoms with Crippen molar-refractivity contribution in [3.63, 3.8) is 0 Å². The summed E-state index contributed by atoms with van der Waals surface area (Å²) in [5.74, 6) is -0.262. The van der Waals surface area contributed by atoms with Crippen LogP contribution in [0.2, 0.25) is 0 Å². The van der Waals surface area contributed by atoms with Gasteiger partial charge in [-0.05, 0) is 31.5 Å². The molecule has 0 saturated carbocycles. The van der Waals surface area contributed by atoms with Gasteiger partial charge in [0, 0.05) is 16.1 Å². The van der Waals surface area contributed by atoms with E-state index in [0.29, 0.717) is 12.0 Å². The molecule has 1 aromatic carbocycles. The van der Waals surface area contributed by atoms with Crippen LogP contribution in [0.3, 0.4) is 0 Å². The number of nitrogens with two attached hydrogens (primary N) is 1. The molecule has 0 saturated heterocycles. The SMILES string of the molecule is C=C(C)C[C@H](N)c1cc(Br)ccc1F. The van der Waals surface area contributed by atoms with Gasteiger partial charge in [0.2, 0.25) is 0 Å². The van der Waals surface area contributed by atoms with E-state index in [2.05, 4.69) is 22.5 Å². The van der Waals surface area contributed by atoms with Gasteiger partial charge in [0.25, 0.3) is 0 Å². The molecule has 0 unspecified atom stereocenters. The minimum absolute atomic E-state index is 0.262. The van der Waals surface area contributed by atoms with Crippen LogP contribution in [0.5, 0.6) is 0 Å². The highest BCUT2D eigenvalue weighted by molar-refractivity contribution is 9.10. The summed E-state index contributed by atoms with van der Waals surface area (Å²) in [7, 11) is 0. The number of hydrogen-bond acceptors (Lipinski definition) is 1. The minimum atomic E-state index is -0.315. The van der Waals surface area contributed by atoms with Gasteiger partial charge in [-0.2, -0.15) is 0 Å². The summed E-state index contributed by atoms with van der Waals surface area (Å²) in [6, 6.07) is 4.47. The van der Waals surface area contributed by atoms with Crippen molar-refractivity contribution >= 4 is 15.9 Å². The average molecular weight is 258 g/mol. The Kier molecular flexibility index (Phi) is 3.84. The van der Waals surface area contributed by atoms with E-state index in [1.165, 1.54) is 6.07 Å². The summed E-state index contributed by atoms with van der Waals surface area (Å²) in [6.45, 7) is 5.64. The zero-order chi connectivity index (χ0) is 10.7. The fourth-order valence-corrected chi connectivity index (χ4v) is 1.66. The van der Waals surface area contributed by atoms with Gasteiger partial charge >= 0.3 is 0 Å². The highest BCUT2D eigenvalue weighted by Crippen LogP contribution is 2.23. The smallest absolute Gasteiger partial charge is 0.128 e. The van der Waals surface area contributed by atoms with Crippen molar-refractivity contribution < 1.29 is 4.39 Å². The van der Waals surface area contributed by atoms with Crippen LogP contribution in [-0.2, 0) is 0 Å². The average Bonchev–Trinajstić information content (AvgIpc) is 2.08. The second kappa shape index (κ2) is 4.71. The molecule has 3 heteroatoms. The van der Waals surface area contributed by atoms with Crippen molar-refractivity contribution in [3.8, 4) is 0 Å². The summed E-state index contributed by atoms with van der Waals surface area (Å²) in [4.78, 5) is 0. The minimum Gasteiger partial charge on any atom is -0.324 e. The predicted octanol–water partition coefficient (Wildman–Crippen LogP) is 3.55. The fraction of sp³-hybridized carbons (Fsp3) is 0.273. The van der Waals surface area contributed by atoms with Gasteiger partial charge in [-0.15, -0.1) is 6.58 Å². The Morgan fingerprint density at radius 1 is 1.64 bits per heavy atom. The van der Waals surface area contributed by atoms with Crippen LogP contribution in [0.15, 0.2) is 34.8 Å². The monoisotopic (exact) mass is 257 g/mol. The summed E-state index contributed by atoms with van der Waals surface area (Å²) >= 11 is 3.29. The van der Waals surface area contributed by atoms with E-state index in [0.717, 1.165) is 10.0 Å². The summed E-state index contributed by atoms with van der Waals surface area (Å²) in [5, 5.41) is 0. The van der Waals surface area contributed by atoms with E-state index >= 15 is 0 Å². The first kappa shape index (κ1) is 11.4. The third kappa shape index (κ3) is 2.93. The highest BCUT2D eigenvalue weighted by Gasteiger charge is 2.11. The lowest BCUT2D eigenvalue weighted by molar-refractivity contribution is 0.579. The maximum absolute atomic E-state index is 13.3. The lowest BCUT2D eigenvalue weighted by Gasteiger charge is -2.13. The van der Waals surface area contributed by atoms with Crippen LogP contribution < -0.4 is 5.73 Å². The van der Waals surface area contributed by atoms with E-state index < -0.39 is 0 Å². The van der Waals surface area contributed by atoms with Crippen molar-refractivity contribution in [2.45, 2.75) is 19.4 Å². The van der Waals surface area contributed by atoms with Crippen LogP contribution >= 0.6 is 15.9 Å². The standard InChI is InChI=1S/C11H13BrFN/c1-7(2)5-11(14)9-6-8(12)3-4-10(9)13/h3-4,6,11H,1,5,14H2,2H3/t11-/m0/s1. The first-order valence-electron chi connectivity index (χ1n) is 4.35. The first-order valence-corrected chi connectivity index (χ1v) is 5.15. The Morgan fingerprint density at radius 2 is 2.29 bits per heavy atom. The zero-order valence-corrected chi connectivity index (χ0v) is 9.64. The molecule has 0 radical (unpaired) electrons. The normalized spacial score (nSPS) is 12.6. The highest BCUT2D eigenvalue weighted by atomic mass is 79.9. The lowest BCUT2D eigenvalue weighted by Crippen LogP contribution is -2.12. The van der Waals surface area contributed by atoms with Crippen LogP contribution in [0.1, 0.15) is 24.9 Å². The third-order valence-electron chi connectivity index (χ3n) is 1.93. The van der Waals surface area contributed by atoms with Crippen LogP contribution in [0.4, 0.5) is 4.39 Å². The van der Waals surface area contributed by atoms with Crippen LogP contribution in [0, 0.1) is 5.82 Å². The van der Waals surface area contributed by atoms with Crippen molar-refractivity contribution in [2.24, 2.45) is 5.73 Å². The van der Waals surface area contributed by atoms with Gasteiger partial charge in [0.05, 0.1) is 0 Å². The molecule has 0 heterocycles. The summed E-state index contributed by atoms with van der Waals surface area (Å²) in [6.07, 6.45) is 0.605. The Bertz CT molecular complexity index is 349. The Labute approximate surface area is 91.9 Å². The first-order chi connectivity index (χ1) is 6.50. The summed E-state index contributed by atoms with van der Waals surface area (Å²) < 4.78 is 14.2. The van der Waals surface area contributed by atoms with Gasteiger partial charge in [0.15, 0.2) is 0 Å². The molecule has 76 valence electrons. The topological polar surface area (TPSA) is 26.0 Å². The molecule has 0 spiro atoms. The molecule has 0 fully saturated rings. The van der Waals surface area contributed by atoms with Crippen molar-refractivity contribution in [3.05, 3.63) is 46.2 Å². The van der Waals surface area contributed by atoms with Gasteiger partial charge in [0.1, 0.15) is 5.82 Å². The number of benzene rings is 1. The molecule has 0 bridgehead atoms. The second-order valence-electron chi connectivity index (χ2n) is 3.43. The molecule has 1 aromatic rings. The number of hydrogen-bond donors (Lipinski definition) is 1. The van der Waals surface area contributed by atoms with Gasteiger partial charge in [-0.1, -0.05) is 21.5 Å². The van der Waals surface area contributed by atoms with Crippen molar-refractivity contribution in [2.75, 3.05) is 0 Å².